The number of nitrogens with zero attached hydrogens (tertiary/aromatic N) is 3. The first-order chi connectivity index (χ1) is 23.5. The predicted molar refractivity (Wildman–Crippen MR) is 199 cm³/mol. The van der Waals surface area contributed by atoms with Crippen LogP contribution in [0.4, 0.5) is 11.4 Å². The van der Waals surface area contributed by atoms with E-state index in [1.807, 2.05) is 24.3 Å². The fourth-order valence-corrected chi connectivity index (χ4v) is 7.60. The summed E-state index contributed by atoms with van der Waals surface area (Å²) in [5, 5.41) is 7.79. The first-order valence-electron chi connectivity index (χ1n) is 17.2. The molecule has 8 heteroatoms. The zero-order valence-electron chi connectivity index (χ0n) is 29.0. The Morgan fingerprint density at radius 2 is 1.71 bits per heavy atom. The van der Waals surface area contributed by atoms with Crippen LogP contribution in [0.5, 0.6) is 0 Å². The highest BCUT2D eigenvalue weighted by Gasteiger charge is 2.32. The molecule has 1 aromatic heterocycles. The molecule has 2 N–H and O–H groups in total. The van der Waals surface area contributed by atoms with E-state index >= 15 is 0 Å². The van der Waals surface area contributed by atoms with E-state index in [9.17, 15) is 14.4 Å². The fourth-order valence-electron chi connectivity index (χ4n) is 7.60. The number of aromatic amines is 1. The number of nitrogens with one attached hydrogen (secondary N) is 2. The van der Waals surface area contributed by atoms with Crippen LogP contribution >= 0.6 is 0 Å². The van der Waals surface area contributed by atoms with Crippen molar-refractivity contribution >= 4 is 50.9 Å². The van der Waals surface area contributed by atoms with Crippen molar-refractivity contribution in [3.05, 3.63) is 116 Å². The second kappa shape index (κ2) is 12.7. The highest BCUT2D eigenvalue weighted by molar-refractivity contribution is 6.07. The molecule has 1 aliphatic carbocycles. The fraction of sp³-hybridized carbons (Fsp3) is 0.317. The van der Waals surface area contributed by atoms with Crippen LogP contribution in [0.1, 0.15) is 55.4 Å². The zero-order valence-corrected chi connectivity index (χ0v) is 29.0. The number of H-pyrrole nitrogens is 1. The van der Waals surface area contributed by atoms with Gasteiger partial charge in [-0.2, -0.15) is 0 Å². The van der Waals surface area contributed by atoms with Crippen molar-refractivity contribution in [3.8, 4) is 0 Å². The summed E-state index contributed by atoms with van der Waals surface area (Å²) in [5.74, 6) is -0.318. The number of benzene rings is 4. The van der Waals surface area contributed by atoms with Crippen LogP contribution in [0.2, 0.25) is 0 Å². The number of aromatic nitrogens is 1. The maximum absolute atomic E-state index is 13.1. The third-order valence-electron chi connectivity index (χ3n) is 10.3. The van der Waals surface area contributed by atoms with E-state index in [2.05, 4.69) is 84.1 Å². The number of likely N-dealkylation sites (N-methyl/N-ethyl adjacent to an activating group) is 1. The molecule has 5 aromatic rings. The van der Waals surface area contributed by atoms with Gasteiger partial charge in [-0.1, -0.05) is 38.1 Å². The maximum Gasteiger partial charge on any atom is 0.256 e. The molecule has 49 heavy (non-hydrogen) atoms. The molecular formula is C41H44N5O3+. The Bertz CT molecular complexity index is 2340. The minimum absolute atomic E-state index is 0.0372. The lowest BCUT2D eigenvalue weighted by Gasteiger charge is -2.33. The molecule has 2 amide bonds. The number of hydrogen-bond acceptors (Lipinski definition) is 4. The second-order valence-corrected chi connectivity index (χ2v) is 14.3. The highest BCUT2D eigenvalue weighted by Crippen LogP contribution is 2.37. The number of anilines is 2. The van der Waals surface area contributed by atoms with E-state index in [1.54, 1.807) is 25.2 Å². The number of pyridine rings is 1. The summed E-state index contributed by atoms with van der Waals surface area (Å²) in [5.41, 5.74) is 7.59. The van der Waals surface area contributed by atoms with E-state index in [1.165, 1.54) is 43.4 Å². The van der Waals surface area contributed by atoms with Gasteiger partial charge in [-0.15, -0.1) is 0 Å². The SMILES string of the molecule is CN(CC(=O)Nc1ccc2[nH]c(=O)c3ccccc3c2c1)C(=O)CCC[N+]1=c2cc3c(cc2CCC1)=Cc1ccc(N(C)C)cc1C3(C)C. The van der Waals surface area contributed by atoms with Crippen molar-refractivity contribution in [1.82, 2.24) is 14.5 Å². The third kappa shape index (κ3) is 6.12. The number of carbonyl (C=O) groups is 2. The van der Waals surface area contributed by atoms with Crippen LogP contribution in [-0.4, -0.2) is 62.5 Å². The quantitative estimate of drug-likeness (QED) is 0.190. The summed E-state index contributed by atoms with van der Waals surface area (Å²) < 4.78 is 2.44. The van der Waals surface area contributed by atoms with Gasteiger partial charge in [-0.05, 0) is 82.3 Å². The minimum Gasteiger partial charge on any atom is -0.378 e. The molecule has 0 saturated carbocycles. The largest absolute Gasteiger partial charge is 0.378 e. The Labute approximate surface area is 286 Å². The van der Waals surface area contributed by atoms with Gasteiger partial charge >= 0.3 is 0 Å². The number of amides is 2. The van der Waals surface area contributed by atoms with E-state index in [0.717, 1.165) is 36.7 Å². The van der Waals surface area contributed by atoms with E-state index in [0.29, 0.717) is 29.4 Å². The number of fused-ring (bicyclic) bond motifs is 6. The molecular weight excluding hydrogens is 610 g/mol. The molecule has 0 spiro atoms. The van der Waals surface area contributed by atoms with Gasteiger partial charge in [0.2, 0.25) is 17.2 Å². The topological polar surface area (TPSA) is 88.5 Å². The molecule has 1 aliphatic heterocycles. The second-order valence-electron chi connectivity index (χ2n) is 14.3. The average Bonchev–Trinajstić information content (AvgIpc) is 3.08. The van der Waals surface area contributed by atoms with E-state index < -0.39 is 0 Å². The molecule has 0 bridgehead atoms. The van der Waals surface area contributed by atoms with Crippen LogP contribution < -0.4 is 30.9 Å². The van der Waals surface area contributed by atoms with E-state index in [4.69, 9.17) is 0 Å². The minimum atomic E-state index is -0.266. The Morgan fingerprint density at radius 1 is 0.918 bits per heavy atom. The molecule has 2 heterocycles. The van der Waals surface area contributed by atoms with Crippen molar-refractivity contribution in [2.24, 2.45) is 0 Å². The summed E-state index contributed by atoms with van der Waals surface area (Å²) in [6.07, 6.45) is 5.56. The Kier molecular flexibility index (Phi) is 8.35. The number of rotatable bonds is 8. The monoisotopic (exact) mass is 654 g/mol. The van der Waals surface area contributed by atoms with E-state index in [-0.39, 0.29) is 29.3 Å². The Morgan fingerprint density at radius 3 is 2.51 bits per heavy atom. The van der Waals surface area contributed by atoms with Crippen molar-refractivity contribution in [2.45, 2.75) is 44.9 Å². The lowest BCUT2D eigenvalue weighted by molar-refractivity contribution is -0.133. The zero-order chi connectivity index (χ0) is 34.4. The first kappa shape index (κ1) is 32.3. The van der Waals surface area contributed by atoms with Crippen LogP contribution in [0.15, 0.2) is 77.6 Å². The van der Waals surface area contributed by atoms with Gasteiger partial charge < -0.3 is 20.1 Å². The van der Waals surface area contributed by atoms with Crippen molar-refractivity contribution in [1.29, 1.82) is 0 Å². The van der Waals surface area contributed by atoms with Gasteiger partial charge in [-0.25, -0.2) is 4.58 Å². The van der Waals surface area contributed by atoms with Gasteiger partial charge in [0.15, 0.2) is 0 Å². The van der Waals surface area contributed by atoms with Gasteiger partial charge in [0, 0.05) is 85.1 Å². The van der Waals surface area contributed by atoms with Gasteiger partial charge in [0.05, 0.1) is 6.54 Å². The molecule has 0 fully saturated rings. The normalized spacial score (nSPS) is 14.4. The number of aryl methyl sites for hydroxylation is 1. The van der Waals surface area contributed by atoms with Crippen molar-refractivity contribution in [3.63, 3.8) is 0 Å². The molecule has 8 nitrogen and oxygen atoms in total. The van der Waals surface area contributed by atoms with Crippen LogP contribution in [0, 0.1) is 0 Å². The predicted octanol–water partition coefficient (Wildman–Crippen LogP) is 4.53. The molecule has 0 radical (unpaired) electrons. The smallest absolute Gasteiger partial charge is 0.256 e. The highest BCUT2D eigenvalue weighted by atomic mass is 16.2. The lowest BCUT2D eigenvalue weighted by Crippen LogP contribution is -2.42. The van der Waals surface area contributed by atoms with Gasteiger partial charge in [-0.3, -0.25) is 14.4 Å². The number of hydrogen-bond donors (Lipinski definition) is 2. The maximum atomic E-state index is 13.1. The summed E-state index contributed by atoms with van der Waals surface area (Å²) in [6, 6.07) is 24.4. The third-order valence-corrected chi connectivity index (χ3v) is 10.3. The van der Waals surface area contributed by atoms with Gasteiger partial charge in [0.25, 0.3) is 5.56 Å². The summed E-state index contributed by atoms with van der Waals surface area (Å²) in [6.45, 7) is 6.37. The van der Waals surface area contributed by atoms with Gasteiger partial charge in [0.1, 0.15) is 13.1 Å². The van der Waals surface area contributed by atoms with Crippen LogP contribution in [0.3, 0.4) is 0 Å². The van der Waals surface area contributed by atoms with Crippen molar-refractivity contribution < 1.29 is 9.59 Å². The molecule has 4 aromatic carbocycles. The van der Waals surface area contributed by atoms with Crippen molar-refractivity contribution in [2.75, 3.05) is 51.0 Å². The summed E-state index contributed by atoms with van der Waals surface area (Å²) in [7, 11) is 5.85. The first-order valence-corrected chi connectivity index (χ1v) is 17.2. The molecule has 0 unspecified atom stereocenters. The standard InChI is InChI=1S/C41H43N5O3/c1-41(2)34-23-30(44(3)4)16-14-26(34)20-28-21-27-10-8-18-46(37(27)24-35(28)41)19-9-13-39(48)45(5)25-38(47)42-29-15-17-36-33(22-29)31-11-6-7-12-32(31)40(49)43-36/h6-7,11-12,14-17,20-24H,8-10,13,18-19,25H2,1-5H3,(H-,42,43,47,49)/p+1. The molecule has 0 saturated heterocycles. The Hall–Kier alpha value is -5.24. The summed E-state index contributed by atoms with van der Waals surface area (Å²) in [4.78, 5) is 45.1. The summed E-state index contributed by atoms with van der Waals surface area (Å²) >= 11 is 0. The lowest BCUT2D eigenvalue weighted by atomic mass is 9.71. The van der Waals surface area contributed by atoms with Crippen LogP contribution in [0.25, 0.3) is 27.8 Å². The number of carbonyl (C=O) groups excluding carboxylic acids is 2. The molecule has 7 rings (SSSR count). The molecule has 250 valence electrons. The average molecular weight is 655 g/mol. The Balaban J connectivity index is 1.02. The molecule has 2 aliphatic rings. The molecule has 0 atom stereocenters. The van der Waals surface area contributed by atoms with Crippen LogP contribution in [-0.2, 0) is 21.4 Å².